The lowest BCUT2D eigenvalue weighted by molar-refractivity contribution is 0.152. The van der Waals surface area contributed by atoms with Crippen LogP contribution in [0.15, 0.2) is 5.38 Å². The summed E-state index contributed by atoms with van der Waals surface area (Å²) in [4.78, 5) is 6.90. The number of thiazole rings is 1. The summed E-state index contributed by atoms with van der Waals surface area (Å²) in [6.07, 6.45) is 3.35. The summed E-state index contributed by atoms with van der Waals surface area (Å²) in [6.45, 7) is 4.42. The maximum absolute atomic E-state index is 9.21. The predicted octanol–water partition coefficient (Wildman–Crippen LogP) is 1.66. The fourth-order valence-corrected chi connectivity index (χ4v) is 2.84. The molecule has 15 heavy (non-hydrogen) atoms. The molecule has 0 aliphatic carbocycles. The van der Waals surface area contributed by atoms with Crippen molar-refractivity contribution < 1.29 is 5.11 Å². The van der Waals surface area contributed by atoms with Crippen LogP contribution in [0.4, 0.5) is 0 Å². The third kappa shape index (κ3) is 2.56. The molecule has 1 aromatic heterocycles. The Labute approximate surface area is 94.8 Å². The number of aliphatic hydroxyl groups excluding tert-OH is 1. The fourth-order valence-electron chi connectivity index (χ4n) is 2.10. The molecular weight excluding hydrogens is 208 g/mol. The number of aromatic nitrogens is 1. The van der Waals surface area contributed by atoms with Gasteiger partial charge in [0.15, 0.2) is 0 Å². The number of nitrogens with zero attached hydrogens (tertiary/aromatic N) is 2. The van der Waals surface area contributed by atoms with Crippen molar-refractivity contribution in [3.05, 3.63) is 16.1 Å². The molecule has 84 valence electrons. The number of likely N-dealkylation sites (tertiary alicyclic amines) is 1. The summed E-state index contributed by atoms with van der Waals surface area (Å²) in [6, 6.07) is 0.358. The van der Waals surface area contributed by atoms with Crippen LogP contribution in [0.3, 0.4) is 0 Å². The van der Waals surface area contributed by atoms with Crippen LogP contribution in [-0.4, -0.2) is 34.2 Å². The van der Waals surface area contributed by atoms with E-state index >= 15 is 0 Å². The van der Waals surface area contributed by atoms with Gasteiger partial charge in [-0.15, -0.1) is 11.3 Å². The monoisotopic (exact) mass is 226 g/mol. The minimum Gasteiger partial charge on any atom is -0.395 e. The van der Waals surface area contributed by atoms with Crippen LogP contribution in [0.1, 0.15) is 30.5 Å². The van der Waals surface area contributed by atoms with Gasteiger partial charge in [-0.05, 0) is 25.8 Å². The van der Waals surface area contributed by atoms with Crippen LogP contribution >= 0.6 is 11.3 Å². The summed E-state index contributed by atoms with van der Waals surface area (Å²) in [5, 5.41) is 12.6. The molecule has 1 aromatic rings. The number of aliphatic hydroxyl groups is 1. The molecule has 1 aliphatic rings. The minimum atomic E-state index is 0.283. The van der Waals surface area contributed by atoms with Crippen LogP contribution in [0.5, 0.6) is 0 Å². The minimum absolute atomic E-state index is 0.283. The molecule has 0 radical (unpaired) electrons. The molecule has 0 unspecified atom stereocenters. The summed E-state index contributed by atoms with van der Waals surface area (Å²) < 4.78 is 0. The molecule has 1 N–H and O–H groups in total. The van der Waals surface area contributed by atoms with E-state index in [0.717, 1.165) is 31.6 Å². The van der Waals surface area contributed by atoms with Crippen molar-refractivity contribution in [1.29, 1.82) is 0 Å². The Hall–Kier alpha value is -0.450. The van der Waals surface area contributed by atoms with E-state index in [1.807, 2.05) is 0 Å². The molecule has 2 heterocycles. The van der Waals surface area contributed by atoms with Gasteiger partial charge < -0.3 is 5.11 Å². The molecule has 0 amide bonds. The summed E-state index contributed by atoms with van der Waals surface area (Å²) in [5.74, 6) is 0. The zero-order valence-electron chi connectivity index (χ0n) is 9.15. The fraction of sp³-hybridized carbons (Fsp3) is 0.727. The van der Waals surface area contributed by atoms with E-state index in [1.54, 1.807) is 11.3 Å². The third-order valence-corrected chi connectivity index (χ3v) is 4.02. The van der Waals surface area contributed by atoms with E-state index in [4.69, 9.17) is 0 Å². The predicted molar refractivity (Wildman–Crippen MR) is 62.0 cm³/mol. The number of aryl methyl sites for hydroxylation is 1. The van der Waals surface area contributed by atoms with Gasteiger partial charge in [0.25, 0.3) is 0 Å². The molecule has 1 saturated heterocycles. The van der Waals surface area contributed by atoms with E-state index < -0.39 is 0 Å². The number of rotatable bonds is 4. The normalized spacial score (nSPS) is 22.4. The molecule has 1 aliphatic heterocycles. The van der Waals surface area contributed by atoms with Crippen LogP contribution < -0.4 is 0 Å². The highest BCUT2D eigenvalue weighted by Gasteiger charge is 2.24. The van der Waals surface area contributed by atoms with Crippen molar-refractivity contribution in [2.45, 2.75) is 38.8 Å². The van der Waals surface area contributed by atoms with Gasteiger partial charge >= 0.3 is 0 Å². The summed E-state index contributed by atoms with van der Waals surface area (Å²) >= 11 is 1.74. The smallest absolute Gasteiger partial charge is 0.0926 e. The van der Waals surface area contributed by atoms with Crippen molar-refractivity contribution in [1.82, 2.24) is 9.88 Å². The molecule has 0 bridgehead atoms. The third-order valence-electron chi connectivity index (χ3n) is 2.98. The first-order valence-electron chi connectivity index (χ1n) is 5.61. The zero-order valence-corrected chi connectivity index (χ0v) is 9.96. The summed E-state index contributed by atoms with van der Waals surface area (Å²) in [7, 11) is 0. The van der Waals surface area contributed by atoms with Crippen LogP contribution in [-0.2, 0) is 13.0 Å². The first-order valence-corrected chi connectivity index (χ1v) is 6.49. The Morgan fingerprint density at radius 3 is 3.20 bits per heavy atom. The first kappa shape index (κ1) is 11.0. The van der Waals surface area contributed by atoms with Gasteiger partial charge in [0.2, 0.25) is 0 Å². The highest BCUT2D eigenvalue weighted by molar-refractivity contribution is 7.09. The van der Waals surface area contributed by atoms with Gasteiger partial charge in [-0.3, -0.25) is 4.90 Å². The second-order valence-electron chi connectivity index (χ2n) is 4.04. The molecule has 4 heteroatoms. The maximum atomic E-state index is 9.21. The Bertz CT molecular complexity index is 313. The molecule has 3 nitrogen and oxygen atoms in total. The second kappa shape index (κ2) is 5.05. The summed E-state index contributed by atoms with van der Waals surface area (Å²) in [5.41, 5.74) is 1.16. The molecule has 0 saturated carbocycles. The van der Waals surface area contributed by atoms with Gasteiger partial charge in [-0.1, -0.05) is 6.92 Å². The number of hydrogen-bond acceptors (Lipinski definition) is 4. The van der Waals surface area contributed by atoms with Crippen LogP contribution in [0.2, 0.25) is 0 Å². The molecule has 1 fully saturated rings. The van der Waals surface area contributed by atoms with E-state index in [1.165, 1.54) is 11.4 Å². The van der Waals surface area contributed by atoms with E-state index in [2.05, 4.69) is 22.2 Å². The van der Waals surface area contributed by atoms with E-state index in [9.17, 15) is 5.11 Å². The number of hydrogen-bond donors (Lipinski definition) is 1. The second-order valence-corrected chi connectivity index (χ2v) is 4.98. The molecular formula is C11H18N2OS. The molecule has 0 spiro atoms. The van der Waals surface area contributed by atoms with Gasteiger partial charge in [0, 0.05) is 18.0 Å². The maximum Gasteiger partial charge on any atom is 0.0926 e. The molecule has 1 atom stereocenters. The SMILES string of the molecule is CCc1nc(CN2CCC[C@H]2CO)cs1. The van der Waals surface area contributed by atoms with Crippen molar-refractivity contribution in [3.8, 4) is 0 Å². The Kier molecular flexibility index (Phi) is 3.72. The van der Waals surface area contributed by atoms with Crippen molar-refractivity contribution >= 4 is 11.3 Å². The van der Waals surface area contributed by atoms with Gasteiger partial charge in [0.1, 0.15) is 0 Å². The Morgan fingerprint density at radius 2 is 2.53 bits per heavy atom. The highest BCUT2D eigenvalue weighted by atomic mass is 32.1. The standard InChI is InChI=1S/C11H18N2OS/c1-2-11-12-9(8-15-11)6-13-5-3-4-10(13)7-14/h8,10,14H,2-7H2,1H3/t10-/m0/s1. The van der Waals surface area contributed by atoms with Crippen molar-refractivity contribution in [3.63, 3.8) is 0 Å². The quantitative estimate of drug-likeness (QED) is 0.848. The first-order chi connectivity index (χ1) is 7.33. The van der Waals surface area contributed by atoms with E-state index in [-0.39, 0.29) is 6.61 Å². The Balaban J connectivity index is 1.95. The Morgan fingerprint density at radius 1 is 1.67 bits per heavy atom. The highest BCUT2D eigenvalue weighted by Crippen LogP contribution is 2.20. The largest absolute Gasteiger partial charge is 0.395 e. The van der Waals surface area contributed by atoms with Crippen LogP contribution in [0, 0.1) is 0 Å². The molecule has 2 rings (SSSR count). The van der Waals surface area contributed by atoms with Gasteiger partial charge in [0.05, 0.1) is 17.3 Å². The zero-order chi connectivity index (χ0) is 10.7. The van der Waals surface area contributed by atoms with Crippen LogP contribution in [0.25, 0.3) is 0 Å². The van der Waals surface area contributed by atoms with Gasteiger partial charge in [-0.2, -0.15) is 0 Å². The van der Waals surface area contributed by atoms with E-state index in [0.29, 0.717) is 6.04 Å². The van der Waals surface area contributed by atoms with Gasteiger partial charge in [-0.25, -0.2) is 4.98 Å². The lowest BCUT2D eigenvalue weighted by atomic mass is 10.2. The lowest BCUT2D eigenvalue weighted by Crippen LogP contribution is -2.31. The lowest BCUT2D eigenvalue weighted by Gasteiger charge is -2.21. The average molecular weight is 226 g/mol. The topological polar surface area (TPSA) is 36.4 Å². The average Bonchev–Trinajstić information content (AvgIpc) is 2.87. The van der Waals surface area contributed by atoms with Crippen molar-refractivity contribution in [2.75, 3.05) is 13.2 Å². The molecule has 0 aromatic carbocycles. The van der Waals surface area contributed by atoms with Crippen molar-refractivity contribution in [2.24, 2.45) is 0 Å².